The van der Waals surface area contributed by atoms with E-state index < -0.39 is 0 Å². The molecule has 0 aliphatic heterocycles. The molecule has 2 heterocycles. The van der Waals surface area contributed by atoms with Gasteiger partial charge in [-0.2, -0.15) is 0 Å². The predicted octanol–water partition coefficient (Wildman–Crippen LogP) is 1.94. The molecular formula is C18H16N2Se2. The van der Waals surface area contributed by atoms with Gasteiger partial charge in [0.15, 0.2) is 0 Å². The second-order valence-electron chi connectivity index (χ2n) is 5.41. The number of fused-ring (bicyclic) bond motifs is 2. The van der Waals surface area contributed by atoms with Crippen LogP contribution in [0.4, 0.5) is 0 Å². The van der Waals surface area contributed by atoms with Crippen molar-refractivity contribution in [2.45, 2.75) is 0 Å². The summed E-state index contributed by atoms with van der Waals surface area (Å²) in [7, 11) is 4.29. The molecule has 2 aromatic heterocycles. The summed E-state index contributed by atoms with van der Waals surface area (Å²) in [6.45, 7) is 0. The van der Waals surface area contributed by atoms with Crippen LogP contribution in [0.25, 0.3) is 21.8 Å². The first-order valence-electron chi connectivity index (χ1n) is 7.17. The predicted molar refractivity (Wildman–Crippen MR) is 96.6 cm³/mol. The van der Waals surface area contributed by atoms with Crippen molar-refractivity contribution in [2.24, 2.45) is 14.1 Å². The van der Waals surface area contributed by atoms with Crippen LogP contribution in [0.15, 0.2) is 60.9 Å². The van der Waals surface area contributed by atoms with Crippen LogP contribution in [0.2, 0.25) is 0 Å². The molecule has 0 saturated carbocycles. The zero-order valence-corrected chi connectivity index (χ0v) is 15.9. The van der Waals surface area contributed by atoms with Crippen molar-refractivity contribution in [1.82, 2.24) is 9.13 Å². The maximum atomic E-state index is 2.32. The molecule has 0 atom stereocenters. The summed E-state index contributed by atoms with van der Waals surface area (Å²) in [6, 6.07) is 17.5. The third-order valence-electron chi connectivity index (χ3n) is 3.94. The molecule has 0 spiro atoms. The van der Waals surface area contributed by atoms with Gasteiger partial charge in [-0.25, -0.2) is 0 Å². The number of aromatic nitrogens is 2. The van der Waals surface area contributed by atoms with Gasteiger partial charge >= 0.3 is 141 Å². The van der Waals surface area contributed by atoms with Gasteiger partial charge in [-0.1, -0.05) is 0 Å². The Labute approximate surface area is 141 Å². The fraction of sp³-hybridized carbons (Fsp3) is 0.111. The molecule has 0 bridgehead atoms. The monoisotopic (exact) mass is 420 g/mol. The number of benzene rings is 2. The van der Waals surface area contributed by atoms with Crippen molar-refractivity contribution in [3.05, 3.63) is 60.9 Å². The SMILES string of the molecule is Cn1cc([Se][Se]c2cn(C)c3ccccc23)c2ccccc21. The third kappa shape index (κ3) is 2.33. The van der Waals surface area contributed by atoms with Crippen molar-refractivity contribution in [2.75, 3.05) is 0 Å². The second-order valence-corrected chi connectivity index (χ2v) is 11.6. The zero-order valence-electron chi connectivity index (χ0n) is 12.5. The van der Waals surface area contributed by atoms with E-state index in [4.69, 9.17) is 0 Å². The average Bonchev–Trinajstić information content (AvgIpc) is 3.04. The van der Waals surface area contributed by atoms with Gasteiger partial charge in [0.05, 0.1) is 0 Å². The van der Waals surface area contributed by atoms with E-state index in [1.54, 1.807) is 0 Å². The summed E-state index contributed by atoms with van der Waals surface area (Å²) >= 11 is 1.02. The summed E-state index contributed by atoms with van der Waals surface area (Å²) in [5.41, 5.74) is 2.68. The summed E-state index contributed by atoms with van der Waals surface area (Å²) < 4.78 is 7.56. The molecule has 0 fully saturated rings. The maximum absolute atomic E-state index is 2.32. The van der Waals surface area contributed by atoms with Crippen LogP contribution in [0, 0.1) is 0 Å². The van der Waals surface area contributed by atoms with E-state index >= 15 is 0 Å². The minimum absolute atomic E-state index is 0.512. The van der Waals surface area contributed by atoms with E-state index in [9.17, 15) is 0 Å². The molecule has 0 aliphatic carbocycles. The molecule has 0 N–H and O–H groups in total. The normalized spacial score (nSPS) is 11.5. The van der Waals surface area contributed by atoms with Gasteiger partial charge < -0.3 is 0 Å². The Balaban J connectivity index is 1.69. The summed E-state index contributed by atoms with van der Waals surface area (Å²) in [5.74, 6) is 0. The number of hydrogen-bond donors (Lipinski definition) is 0. The van der Waals surface area contributed by atoms with Crippen LogP contribution >= 0.6 is 0 Å². The van der Waals surface area contributed by atoms with Gasteiger partial charge in [-0.15, -0.1) is 0 Å². The van der Waals surface area contributed by atoms with Gasteiger partial charge in [0.2, 0.25) is 0 Å². The number of aryl methyl sites for hydroxylation is 2. The van der Waals surface area contributed by atoms with E-state index in [1.807, 2.05) is 0 Å². The summed E-state index contributed by atoms with van der Waals surface area (Å²) in [5, 5.41) is 2.85. The Kier molecular flexibility index (Phi) is 3.63. The van der Waals surface area contributed by atoms with Crippen LogP contribution in [0.5, 0.6) is 0 Å². The van der Waals surface area contributed by atoms with Gasteiger partial charge in [0, 0.05) is 0 Å². The molecule has 0 unspecified atom stereocenters. The molecule has 0 aliphatic rings. The molecule has 22 heavy (non-hydrogen) atoms. The van der Waals surface area contributed by atoms with E-state index in [0.717, 1.165) is 0 Å². The first-order chi connectivity index (χ1) is 10.7. The van der Waals surface area contributed by atoms with Crippen LogP contribution in [-0.2, 0) is 14.1 Å². The first kappa shape index (κ1) is 14.2. The van der Waals surface area contributed by atoms with Crippen molar-refractivity contribution < 1.29 is 0 Å². The number of nitrogens with zero attached hydrogens (tertiary/aromatic N) is 2. The zero-order chi connectivity index (χ0) is 15.1. The molecule has 4 rings (SSSR count). The van der Waals surface area contributed by atoms with Gasteiger partial charge in [-0.05, 0) is 0 Å². The standard InChI is InChI=1S/C18H16N2Se2/c1-19-11-17(13-7-3-5-9-15(13)19)21-22-18-12-20(2)16-10-6-4-8-14(16)18/h3-12H,1-2H3. The Morgan fingerprint density at radius 2 is 1.05 bits per heavy atom. The van der Waals surface area contributed by atoms with Gasteiger partial charge in [-0.3, -0.25) is 0 Å². The quantitative estimate of drug-likeness (QED) is 0.451. The summed E-state index contributed by atoms with van der Waals surface area (Å²) in [6.07, 6.45) is 4.63. The molecule has 2 nitrogen and oxygen atoms in total. The Morgan fingerprint density at radius 3 is 1.50 bits per heavy atom. The second kappa shape index (κ2) is 5.64. The van der Waals surface area contributed by atoms with E-state index in [-0.39, 0.29) is 0 Å². The third-order valence-corrected chi connectivity index (χ3v) is 11.1. The van der Waals surface area contributed by atoms with E-state index in [1.165, 1.54) is 30.7 Å². The fourth-order valence-electron chi connectivity index (χ4n) is 2.83. The minimum atomic E-state index is 0.512. The Morgan fingerprint density at radius 1 is 0.636 bits per heavy atom. The molecular weight excluding hydrogens is 402 g/mol. The average molecular weight is 418 g/mol. The van der Waals surface area contributed by atoms with Crippen molar-refractivity contribution >= 4 is 57.0 Å². The molecule has 110 valence electrons. The van der Waals surface area contributed by atoms with Crippen LogP contribution in [0.3, 0.4) is 0 Å². The first-order valence-corrected chi connectivity index (χ1v) is 13.2. The van der Waals surface area contributed by atoms with Crippen molar-refractivity contribution in [3.8, 4) is 0 Å². The van der Waals surface area contributed by atoms with Gasteiger partial charge in [0.25, 0.3) is 0 Å². The fourth-order valence-corrected chi connectivity index (χ4v) is 10.0. The molecule has 0 saturated heterocycles. The van der Waals surface area contributed by atoms with Gasteiger partial charge in [0.1, 0.15) is 0 Å². The number of hydrogen-bond acceptors (Lipinski definition) is 0. The number of para-hydroxylation sites is 2. The van der Waals surface area contributed by atoms with Crippen molar-refractivity contribution in [1.29, 1.82) is 0 Å². The van der Waals surface area contributed by atoms with E-state index in [0.29, 0.717) is 26.3 Å². The molecule has 0 amide bonds. The number of rotatable bonds is 3. The van der Waals surface area contributed by atoms with Crippen LogP contribution in [-0.4, -0.2) is 35.4 Å². The van der Waals surface area contributed by atoms with Crippen LogP contribution in [0.1, 0.15) is 0 Å². The Hall–Kier alpha value is -1.44. The topological polar surface area (TPSA) is 9.86 Å². The van der Waals surface area contributed by atoms with E-state index in [2.05, 4.69) is 84.2 Å². The van der Waals surface area contributed by atoms with Crippen molar-refractivity contribution in [3.63, 3.8) is 0 Å². The molecule has 0 radical (unpaired) electrons. The van der Waals surface area contributed by atoms with Crippen LogP contribution < -0.4 is 8.92 Å². The molecule has 4 aromatic rings. The molecule has 2 aromatic carbocycles. The molecule has 4 heteroatoms. The summed E-state index contributed by atoms with van der Waals surface area (Å²) in [4.78, 5) is 0. The Bertz CT molecular complexity index is 886.